The average Bonchev–Trinajstić information content (AvgIpc) is 3.31. The third-order valence-electron chi connectivity index (χ3n) is 3.76. The fraction of sp³-hybridized carbons (Fsp3) is 0.438. The van der Waals surface area contributed by atoms with E-state index < -0.39 is 6.61 Å². The molecule has 128 valence electrons. The van der Waals surface area contributed by atoms with Crippen molar-refractivity contribution in [1.29, 1.82) is 0 Å². The van der Waals surface area contributed by atoms with Gasteiger partial charge in [-0.05, 0) is 51.0 Å². The molecule has 1 aliphatic rings. The predicted molar refractivity (Wildman–Crippen MR) is 85.8 cm³/mol. The molecular formula is C16H17F2N3O2S. The van der Waals surface area contributed by atoms with Crippen LogP contribution < -0.4 is 4.74 Å². The first kappa shape index (κ1) is 16.9. The van der Waals surface area contributed by atoms with Crippen LogP contribution in [-0.2, 0) is 0 Å². The molecule has 24 heavy (non-hydrogen) atoms. The first-order valence-electron chi connectivity index (χ1n) is 7.63. The molecule has 0 saturated heterocycles. The molecule has 0 aliphatic heterocycles. The minimum atomic E-state index is -2.88. The van der Waals surface area contributed by atoms with Gasteiger partial charge in [-0.2, -0.15) is 8.78 Å². The van der Waals surface area contributed by atoms with E-state index in [0.717, 1.165) is 23.8 Å². The maximum absolute atomic E-state index is 12.5. The highest BCUT2D eigenvalue weighted by molar-refractivity contribution is 8.00. The SMILES string of the molecule is Cc1nnc(S[C@H](C)C(=O)c2ccc(OC(F)F)cc2)n1C1CC1. The molecule has 1 heterocycles. The van der Waals surface area contributed by atoms with Crippen molar-refractivity contribution in [3.8, 4) is 5.75 Å². The number of benzene rings is 1. The van der Waals surface area contributed by atoms with Gasteiger partial charge in [0.1, 0.15) is 11.6 Å². The molecule has 3 rings (SSSR count). The fourth-order valence-electron chi connectivity index (χ4n) is 2.43. The van der Waals surface area contributed by atoms with Crippen LogP contribution in [-0.4, -0.2) is 32.4 Å². The Morgan fingerprint density at radius 1 is 1.29 bits per heavy atom. The molecule has 0 unspecified atom stereocenters. The highest BCUT2D eigenvalue weighted by Crippen LogP contribution is 2.39. The number of aryl methyl sites for hydroxylation is 1. The predicted octanol–water partition coefficient (Wildman–Crippen LogP) is 3.89. The number of rotatable bonds is 7. The standard InChI is InChI=1S/C16H17F2N3O2S/c1-9(24-16-20-19-10(2)21(16)12-5-6-12)14(22)11-3-7-13(8-4-11)23-15(17)18/h3-4,7-9,12,15H,5-6H2,1-2H3/t9-/m1/s1. The third-order valence-corrected chi connectivity index (χ3v) is 4.82. The number of hydrogen-bond donors (Lipinski definition) is 0. The summed E-state index contributed by atoms with van der Waals surface area (Å²) in [6.45, 7) is 0.833. The molecule has 1 aromatic carbocycles. The van der Waals surface area contributed by atoms with Crippen molar-refractivity contribution in [2.24, 2.45) is 0 Å². The number of hydrogen-bond acceptors (Lipinski definition) is 5. The normalized spacial score (nSPS) is 15.5. The summed E-state index contributed by atoms with van der Waals surface area (Å²) in [4.78, 5) is 12.5. The molecule has 1 aliphatic carbocycles. The van der Waals surface area contributed by atoms with E-state index in [2.05, 4.69) is 19.5 Å². The van der Waals surface area contributed by atoms with Gasteiger partial charge in [0, 0.05) is 11.6 Å². The molecule has 8 heteroatoms. The zero-order valence-corrected chi connectivity index (χ0v) is 14.1. The second kappa shape index (κ2) is 6.88. The third kappa shape index (κ3) is 3.75. The minimum Gasteiger partial charge on any atom is -0.435 e. The summed E-state index contributed by atoms with van der Waals surface area (Å²) in [5.41, 5.74) is 0.450. The first-order valence-corrected chi connectivity index (χ1v) is 8.51. The number of carbonyl (C=O) groups excluding carboxylic acids is 1. The lowest BCUT2D eigenvalue weighted by atomic mass is 10.1. The number of nitrogens with zero attached hydrogens (tertiary/aromatic N) is 3. The van der Waals surface area contributed by atoms with Crippen LogP contribution in [0.25, 0.3) is 0 Å². The molecule has 0 bridgehead atoms. The van der Waals surface area contributed by atoms with E-state index in [1.807, 2.05) is 6.92 Å². The van der Waals surface area contributed by atoms with Gasteiger partial charge >= 0.3 is 6.61 Å². The maximum Gasteiger partial charge on any atom is 0.387 e. The average molecular weight is 353 g/mol. The van der Waals surface area contributed by atoms with Gasteiger partial charge in [0.15, 0.2) is 10.9 Å². The van der Waals surface area contributed by atoms with E-state index in [-0.39, 0.29) is 16.8 Å². The zero-order chi connectivity index (χ0) is 17.3. The second-order valence-electron chi connectivity index (χ2n) is 5.66. The maximum atomic E-state index is 12.5. The van der Waals surface area contributed by atoms with Crippen LogP contribution in [0.4, 0.5) is 8.78 Å². The molecule has 1 aromatic heterocycles. The Bertz CT molecular complexity index is 729. The van der Waals surface area contributed by atoms with Crippen LogP contribution in [0.2, 0.25) is 0 Å². The molecule has 1 saturated carbocycles. The Morgan fingerprint density at radius 3 is 2.54 bits per heavy atom. The molecule has 0 N–H and O–H groups in total. The smallest absolute Gasteiger partial charge is 0.387 e. The Hall–Kier alpha value is -1.96. The summed E-state index contributed by atoms with van der Waals surface area (Å²) in [7, 11) is 0. The van der Waals surface area contributed by atoms with Crippen molar-refractivity contribution >= 4 is 17.5 Å². The van der Waals surface area contributed by atoms with E-state index in [9.17, 15) is 13.6 Å². The number of ether oxygens (including phenoxy) is 1. The molecule has 1 atom stereocenters. The summed E-state index contributed by atoms with van der Waals surface area (Å²) in [5.74, 6) is 0.797. The van der Waals surface area contributed by atoms with Crippen LogP contribution in [0.3, 0.4) is 0 Å². The van der Waals surface area contributed by atoms with Crippen molar-refractivity contribution in [3.05, 3.63) is 35.7 Å². The molecule has 0 spiro atoms. The molecule has 5 nitrogen and oxygen atoms in total. The van der Waals surface area contributed by atoms with Crippen LogP contribution >= 0.6 is 11.8 Å². The van der Waals surface area contributed by atoms with Gasteiger partial charge in [-0.1, -0.05) is 11.8 Å². The number of thioether (sulfide) groups is 1. The van der Waals surface area contributed by atoms with Gasteiger partial charge in [0.25, 0.3) is 0 Å². The lowest BCUT2D eigenvalue weighted by molar-refractivity contribution is -0.0498. The number of Topliss-reactive ketones (excluding diaryl/α,β-unsaturated/α-hetero) is 1. The minimum absolute atomic E-state index is 0.0333. The topological polar surface area (TPSA) is 57.0 Å². The Morgan fingerprint density at radius 2 is 1.96 bits per heavy atom. The summed E-state index contributed by atoms with van der Waals surface area (Å²) in [5, 5.41) is 8.65. The Balaban J connectivity index is 1.68. The molecule has 0 amide bonds. The molecule has 0 radical (unpaired) electrons. The van der Waals surface area contributed by atoms with Crippen LogP contribution in [0.1, 0.15) is 42.0 Å². The van der Waals surface area contributed by atoms with Crippen molar-refractivity contribution in [2.75, 3.05) is 0 Å². The first-order chi connectivity index (χ1) is 11.5. The summed E-state index contributed by atoms with van der Waals surface area (Å²) in [6, 6.07) is 6.17. The van der Waals surface area contributed by atoms with E-state index in [0.29, 0.717) is 11.6 Å². The Kier molecular flexibility index (Phi) is 4.84. The summed E-state index contributed by atoms with van der Waals surface area (Å²) < 4.78 is 30.7. The van der Waals surface area contributed by atoms with Gasteiger partial charge in [-0.25, -0.2) is 0 Å². The summed E-state index contributed by atoms with van der Waals surface area (Å²) in [6.07, 6.45) is 2.22. The monoisotopic (exact) mass is 353 g/mol. The largest absolute Gasteiger partial charge is 0.435 e. The van der Waals surface area contributed by atoms with Gasteiger partial charge < -0.3 is 9.30 Å². The number of halogens is 2. The van der Waals surface area contributed by atoms with Crippen molar-refractivity contribution in [3.63, 3.8) is 0 Å². The van der Waals surface area contributed by atoms with E-state index in [4.69, 9.17) is 0 Å². The molecule has 2 aromatic rings. The highest BCUT2D eigenvalue weighted by atomic mass is 32.2. The van der Waals surface area contributed by atoms with Crippen molar-refractivity contribution in [1.82, 2.24) is 14.8 Å². The highest BCUT2D eigenvalue weighted by Gasteiger charge is 2.30. The van der Waals surface area contributed by atoms with Gasteiger partial charge in [-0.3, -0.25) is 4.79 Å². The fourth-order valence-corrected chi connectivity index (χ4v) is 3.47. The van der Waals surface area contributed by atoms with Crippen molar-refractivity contribution in [2.45, 2.75) is 49.7 Å². The molecule has 1 fully saturated rings. The number of ketones is 1. The molecular weight excluding hydrogens is 336 g/mol. The number of alkyl halides is 2. The van der Waals surface area contributed by atoms with E-state index in [1.165, 1.54) is 36.0 Å². The van der Waals surface area contributed by atoms with Gasteiger partial charge in [0.2, 0.25) is 0 Å². The van der Waals surface area contributed by atoms with E-state index >= 15 is 0 Å². The van der Waals surface area contributed by atoms with Gasteiger partial charge in [0.05, 0.1) is 5.25 Å². The number of aromatic nitrogens is 3. The van der Waals surface area contributed by atoms with E-state index in [1.54, 1.807) is 6.92 Å². The van der Waals surface area contributed by atoms with Crippen LogP contribution in [0.15, 0.2) is 29.4 Å². The van der Waals surface area contributed by atoms with Crippen LogP contribution in [0.5, 0.6) is 5.75 Å². The quantitative estimate of drug-likeness (QED) is 0.558. The number of carbonyl (C=O) groups is 1. The zero-order valence-electron chi connectivity index (χ0n) is 13.3. The second-order valence-corrected chi connectivity index (χ2v) is 6.97. The van der Waals surface area contributed by atoms with Crippen molar-refractivity contribution < 1.29 is 18.3 Å². The lowest BCUT2D eigenvalue weighted by Gasteiger charge is -2.12. The lowest BCUT2D eigenvalue weighted by Crippen LogP contribution is -2.15. The van der Waals surface area contributed by atoms with Gasteiger partial charge in [-0.15, -0.1) is 10.2 Å². The Labute approximate surface area is 142 Å². The summed E-state index contributed by atoms with van der Waals surface area (Å²) >= 11 is 1.37. The van der Waals surface area contributed by atoms with Crippen LogP contribution in [0, 0.1) is 6.92 Å².